The van der Waals surface area contributed by atoms with Crippen molar-refractivity contribution in [3.8, 4) is 11.1 Å². The van der Waals surface area contributed by atoms with Gasteiger partial charge in [0.1, 0.15) is 6.33 Å². The Bertz CT molecular complexity index is 765. The van der Waals surface area contributed by atoms with Gasteiger partial charge in [-0.05, 0) is 37.5 Å². The van der Waals surface area contributed by atoms with Crippen molar-refractivity contribution in [2.24, 2.45) is 0 Å². The second-order valence-corrected chi connectivity index (χ2v) is 7.91. The smallest absolute Gasteiger partial charge is 0.213 e. The van der Waals surface area contributed by atoms with Crippen molar-refractivity contribution in [2.45, 2.75) is 25.7 Å². The molecule has 3 heterocycles. The maximum Gasteiger partial charge on any atom is 0.213 e. The van der Waals surface area contributed by atoms with Crippen molar-refractivity contribution in [2.75, 3.05) is 18.8 Å². The Morgan fingerprint density at radius 2 is 2.04 bits per heavy atom. The van der Waals surface area contributed by atoms with Crippen LogP contribution in [0.25, 0.3) is 11.1 Å². The number of aromatic nitrogens is 3. The summed E-state index contributed by atoms with van der Waals surface area (Å²) in [7, 11) is -3.16. The molecule has 0 unspecified atom stereocenters. The molecule has 6 nitrogen and oxygen atoms in total. The molecule has 1 saturated heterocycles. The molecule has 2 aromatic rings. The van der Waals surface area contributed by atoms with Gasteiger partial charge in [0.25, 0.3) is 0 Å². The van der Waals surface area contributed by atoms with Gasteiger partial charge in [0, 0.05) is 43.2 Å². The zero-order valence-electron chi connectivity index (χ0n) is 13.1. The van der Waals surface area contributed by atoms with Gasteiger partial charge in [-0.15, -0.1) is 0 Å². The molecule has 0 N–H and O–H groups in total. The highest BCUT2D eigenvalue weighted by Gasteiger charge is 2.30. The van der Waals surface area contributed by atoms with Crippen molar-refractivity contribution in [3.63, 3.8) is 0 Å². The molecule has 1 atom stereocenters. The predicted octanol–water partition coefficient (Wildman–Crippen LogP) is 2.07. The van der Waals surface area contributed by atoms with Crippen LogP contribution in [0.15, 0.2) is 37.1 Å². The van der Waals surface area contributed by atoms with Gasteiger partial charge in [0.2, 0.25) is 10.0 Å². The first-order valence-corrected chi connectivity index (χ1v) is 9.41. The van der Waals surface area contributed by atoms with E-state index in [1.165, 1.54) is 6.33 Å². The third-order valence-electron chi connectivity index (χ3n) is 4.26. The van der Waals surface area contributed by atoms with Crippen molar-refractivity contribution in [1.82, 2.24) is 19.3 Å². The fourth-order valence-electron chi connectivity index (χ4n) is 3.02. The van der Waals surface area contributed by atoms with Crippen molar-refractivity contribution >= 4 is 10.0 Å². The van der Waals surface area contributed by atoms with E-state index in [4.69, 9.17) is 0 Å². The molecule has 7 heteroatoms. The normalized spacial score (nSPS) is 19.6. The van der Waals surface area contributed by atoms with E-state index in [0.29, 0.717) is 13.1 Å². The van der Waals surface area contributed by atoms with Crippen LogP contribution < -0.4 is 0 Å². The van der Waals surface area contributed by atoms with Crippen LogP contribution in [0.1, 0.15) is 31.4 Å². The minimum absolute atomic E-state index is 0.0937. The molecule has 0 radical (unpaired) electrons. The van der Waals surface area contributed by atoms with E-state index in [1.807, 2.05) is 12.1 Å². The lowest BCUT2D eigenvalue weighted by atomic mass is 9.91. The molecule has 3 rings (SSSR count). The highest BCUT2D eigenvalue weighted by molar-refractivity contribution is 7.89. The molecule has 1 aliphatic heterocycles. The Morgan fingerprint density at radius 3 is 2.78 bits per heavy atom. The molecule has 0 aromatic carbocycles. The minimum atomic E-state index is -3.16. The van der Waals surface area contributed by atoms with E-state index < -0.39 is 10.0 Å². The highest BCUT2D eigenvalue weighted by atomic mass is 32.2. The number of pyridine rings is 1. The molecule has 1 aliphatic rings. The van der Waals surface area contributed by atoms with Crippen LogP contribution in [-0.4, -0.2) is 46.5 Å². The lowest BCUT2D eigenvalue weighted by Gasteiger charge is -2.32. The summed E-state index contributed by atoms with van der Waals surface area (Å²) >= 11 is 0. The fraction of sp³-hybridized carbons (Fsp3) is 0.438. The Labute approximate surface area is 136 Å². The summed E-state index contributed by atoms with van der Waals surface area (Å²) in [4.78, 5) is 12.6. The van der Waals surface area contributed by atoms with Crippen LogP contribution in [0.4, 0.5) is 0 Å². The zero-order chi connectivity index (χ0) is 16.3. The first-order valence-electron chi connectivity index (χ1n) is 7.80. The molecular weight excluding hydrogens is 312 g/mol. The number of rotatable bonds is 4. The molecule has 23 heavy (non-hydrogen) atoms. The maximum absolute atomic E-state index is 12.2. The maximum atomic E-state index is 12.2. The van der Waals surface area contributed by atoms with Crippen LogP contribution in [0, 0.1) is 0 Å². The predicted molar refractivity (Wildman–Crippen MR) is 88.3 cm³/mol. The van der Waals surface area contributed by atoms with Crippen LogP contribution >= 0.6 is 0 Å². The summed E-state index contributed by atoms with van der Waals surface area (Å²) in [5.74, 6) is 0.233. The Morgan fingerprint density at radius 1 is 1.26 bits per heavy atom. The molecular formula is C16H20N4O2S. The van der Waals surface area contributed by atoms with Crippen LogP contribution in [0.3, 0.4) is 0 Å². The Kier molecular flexibility index (Phi) is 4.68. The SMILES string of the molecule is CCS(=O)(=O)N1CCC[C@@H](c2ncncc2-c2ccncc2)C1. The van der Waals surface area contributed by atoms with Crippen molar-refractivity contribution in [3.05, 3.63) is 42.7 Å². The fourth-order valence-corrected chi connectivity index (χ4v) is 4.20. The van der Waals surface area contributed by atoms with Gasteiger partial charge in [-0.3, -0.25) is 4.98 Å². The molecule has 0 amide bonds. The molecule has 122 valence electrons. The van der Waals surface area contributed by atoms with E-state index >= 15 is 0 Å². The van der Waals surface area contributed by atoms with E-state index in [-0.39, 0.29) is 11.7 Å². The first kappa shape index (κ1) is 16.0. The van der Waals surface area contributed by atoms with E-state index in [1.54, 1.807) is 29.8 Å². The first-order chi connectivity index (χ1) is 11.1. The monoisotopic (exact) mass is 332 g/mol. The van der Waals surface area contributed by atoms with Crippen molar-refractivity contribution < 1.29 is 8.42 Å². The topological polar surface area (TPSA) is 76.1 Å². The number of hydrogen-bond acceptors (Lipinski definition) is 5. The average molecular weight is 332 g/mol. The van der Waals surface area contributed by atoms with E-state index in [9.17, 15) is 8.42 Å². The number of hydrogen-bond donors (Lipinski definition) is 0. The van der Waals surface area contributed by atoms with Crippen LogP contribution in [0.2, 0.25) is 0 Å². The van der Waals surface area contributed by atoms with Gasteiger partial charge < -0.3 is 0 Å². The van der Waals surface area contributed by atoms with Gasteiger partial charge in [-0.2, -0.15) is 0 Å². The largest absolute Gasteiger partial charge is 0.265 e. The molecule has 0 aliphatic carbocycles. The van der Waals surface area contributed by atoms with Gasteiger partial charge in [-0.25, -0.2) is 22.7 Å². The second-order valence-electron chi connectivity index (χ2n) is 5.66. The van der Waals surface area contributed by atoms with Gasteiger partial charge >= 0.3 is 0 Å². The van der Waals surface area contributed by atoms with E-state index in [2.05, 4.69) is 15.0 Å². The zero-order valence-corrected chi connectivity index (χ0v) is 13.9. The Hall–Kier alpha value is -1.86. The Balaban J connectivity index is 1.93. The molecule has 2 aromatic heterocycles. The lowest BCUT2D eigenvalue weighted by molar-refractivity contribution is 0.313. The second kappa shape index (κ2) is 6.72. The standard InChI is InChI=1S/C16H20N4O2S/c1-2-23(21,22)20-9-3-4-14(11-20)16-15(10-18-12-19-16)13-5-7-17-8-6-13/h5-8,10,12,14H,2-4,9,11H2,1H3/t14-/m1/s1. The summed E-state index contributed by atoms with van der Waals surface area (Å²) in [6, 6.07) is 3.84. The van der Waals surface area contributed by atoms with Gasteiger partial charge in [0.15, 0.2) is 0 Å². The average Bonchev–Trinajstić information content (AvgIpc) is 2.62. The lowest BCUT2D eigenvalue weighted by Crippen LogP contribution is -2.40. The minimum Gasteiger partial charge on any atom is -0.265 e. The summed E-state index contributed by atoms with van der Waals surface area (Å²) in [5.41, 5.74) is 2.88. The molecule has 0 saturated carbocycles. The highest BCUT2D eigenvalue weighted by Crippen LogP contribution is 2.33. The number of sulfonamides is 1. The van der Waals surface area contributed by atoms with Crippen LogP contribution in [-0.2, 0) is 10.0 Å². The number of nitrogens with zero attached hydrogens (tertiary/aromatic N) is 4. The summed E-state index contributed by atoms with van der Waals surface area (Å²) < 4.78 is 25.9. The molecule has 1 fully saturated rings. The molecule has 0 bridgehead atoms. The third-order valence-corrected chi connectivity index (χ3v) is 6.11. The van der Waals surface area contributed by atoms with Gasteiger partial charge in [0.05, 0.1) is 11.4 Å². The summed E-state index contributed by atoms with van der Waals surface area (Å²) in [6.07, 6.45) is 8.59. The van der Waals surface area contributed by atoms with Crippen molar-refractivity contribution in [1.29, 1.82) is 0 Å². The molecule has 0 spiro atoms. The summed E-state index contributed by atoms with van der Waals surface area (Å²) in [5, 5.41) is 0. The number of piperidine rings is 1. The third kappa shape index (κ3) is 3.40. The summed E-state index contributed by atoms with van der Waals surface area (Å²) in [6.45, 7) is 2.78. The van der Waals surface area contributed by atoms with E-state index in [0.717, 1.165) is 29.7 Å². The van der Waals surface area contributed by atoms with Gasteiger partial charge in [-0.1, -0.05) is 0 Å². The van der Waals surface area contributed by atoms with Crippen LogP contribution in [0.5, 0.6) is 0 Å². The quantitative estimate of drug-likeness (QED) is 0.856.